The molecule has 0 saturated carbocycles. The Morgan fingerprint density at radius 3 is 2.33 bits per heavy atom. The van der Waals surface area contributed by atoms with E-state index >= 15 is 0 Å². The Morgan fingerprint density at radius 2 is 1.78 bits per heavy atom. The summed E-state index contributed by atoms with van der Waals surface area (Å²) in [4.78, 5) is 1.87. The van der Waals surface area contributed by atoms with Crippen molar-refractivity contribution in [3.63, 3.8) is 0 Å². The Labute approximate surface area is 105 Å². The van der Waals surface area contributed by atoms with Crippen LogP contribution in [0.15, 0.2) is 48.5 Å². The van der Waals surface area contributed by atoms with Gasteiger partial charge in [-0.05, 0) is 42.5 Å². The zero-order valence-electron chi connectivity index (χ0n) is 10.0. The Morgan fingerprint density at radius 1 is 1.11 bits per heavy atom. The predicted molar refractivity (Wildman–Crippen MR) is 71.9 cm³/mol. The van der Waals surface area contributed by atoms with Gasteiger partial charge in [-0.25, -0.2) is 4.39 Å². The highest BCUT2D eigenvalue weighted by atomic mass is 19.1. The van der Waals surface area contributed by atoms with Crippen molar-refractivity contribution in [1.82, 2.24) is 0 Å². The molecule has 0 amide bonds. The van der Waals surface area contributed by atoms with Crippen molar-refractivity contribution in [3.8, 4) is 0 Å². The smallest absolute Gasteiger partial charge is 0.125 e. The summed E-state index contributed by atoms with van der Waals surface area (Å²) < 4.78 is 13.1. The van der Waals surface area contributed by atoms with Crippen LogP contribution in [0.1, 0.15) is 5.56 Å². The Kier molecular flexibility index (Phi) is 3.28. The number of amidine groups is 1. The molecule has 0 heterocycles. The standard InChI is InChI=1S/C14H14FN3/c1-18(13-4-2-3-11(15)9-13)12-7-5-10(6-8-12)14(16)17/h2-9H,1H3,(H3,16,17). The molecule has 0 aliphatic heterocycles. The molecule has 0 radical (unpaired) electrons. The van der Waals surface area contributed by atoms with Crippen LogP contribution in [0.25, 0.3) is 0 Å². The van der Waals surface area contributed by atoms with E-state index < -0.39 is 0 Å². The summed E-state index contributed by atoms with van der Waals surface area (Å²) in [6.45, 7) is 0. The number of hydrogen-bond acceptors (Lipinski definition) is 2. The Bertz CT molecular complexity index is 564. The average molecular weight is 243 g/mol. The maximum Gasteiger partial charge on any atom is 0.125 e. The highest BCUT2D eigenvalue weighted by Crippen LogP contribution is 2.24. The molecule has 0 fully saturated rings. The highest BCUT2D eigenvalue weighted by molar-refractivity contribution is 5.95. The zero-order chi connectivity index (χ0) is 13.1. The van der Waals surface area contributed by atoms with Gasteiger partial charge in [0.1, 0.15) is 11.7 Å². The second-order valence-electron chi connectivity index (χ2n) is 4.00. The van der Waals surface area contributed by atoms with Crippen molar-refractivity contribution < 1.29 is 4.39 Å². The monoisotopic (exact) mass is 243 g/mol. The molecule has 0 aromatic heterocycles. The molecular weight excluding hydrogens is 229 g/mol. The second-order valence-corrected chi connectivity index (χ2v) is 4.00. The minimum atomic E-state index is -0.264. The molecule has 3 nitrogen and oxygen atoms in total. The van der Waals surface area contributed by atoms with Crippen molar-refractivity contribution in [2.24, 2.45) is 5.73 Å². The van der Waals surface area contributed by atoms with Gasteiger partial charge in [-0.3, -0.25) is 5.41 Å². The fourth-order valence-corrected chi connectivity index (χ4v) is 1.70. The van der Waals surface area contributed by atoms with Gasteiger partial charge in [0.25, 0.3) is 0 Å². The first-order chi connectivity index (χ1) is 8.58. The predicted octanol–water partition coefficient (Wildman–Crippen LogP) is 2.88. The first kappa shape index (κ1) is 12.1. The summed E-state index contributed by atoms with van der Waals surface area (Å²) in [5.74, 6) is -0.227. The van der Waals surface area contributed by atoms with Crippen LogP contribution < -0.4 is 10.6 Å². The molecule has 0 spiro atoms. The SMILES string of the molecule is CN(c1ccc(C(=N)N)cc1)c1cccc(F)c1. The first-order valence-corrected chi connectivity index (χ1v) is 5.51. The quantitative estimate of drug-likeness (QED) is 0.643. The topological polar surface area (TPSA) is 53.1 Å². The molecule has 18 heavy (non-hydrogen) atoms. The Hall–Kier alpha value is -2.36. The Balaban J connectivity index is 2.28. The van der Waals surface area contributed by atoms with Gasteiger partial charge >= 0.3 is 0 Å². The molecule has 0 bridgehead atoms. The van der Waals surface area contributed by atoms with Gasteiger partial charge in [0.15, 0.2) is 0 Å². The average Bonchev–Trinajstić information content (AvgIpc) is 2.38. The lowest BCUT2D eigenvalue weighted by atomic mass is 10.1. The van der Waals surface area contributed by atoms with Gasteiger partial charge in [0, 0.05) is 24.0 Å². The maximum atomic E-state index is 13.1. The van der Waals surface area contributed by atoms with Crippen LogP contribution in [0, 0.1) is 11.2 Å². The summed E-state index contributed by atoms with van der Waals surface area (Å²) in [5.41, 5.74) is 7.74. The molecule has 0 aliphatic rings. The molecule has 0 saturated heterocycles. The van der Waals surface area contributed by atoms with Gasteiger partial charge in [0.2, 0.25) is 0 Å². The van der Waals surface area contributed by atoms with E-state index in [0.29, 0.717) is 5.56 Å². The van der Waals surface area contributed by atoms with Crippen molar-refractivity contribution in [2.75, 3.05) is 11.9 Å². The summed E-state index contributed by atoms with van der Waals surface area (Å²) in [6.07, 6.45) is 0. The minimum Gasteiger partial charge on any atom is -0.384 e. The number of benzene rings is 2. The molecule has 92 valence electrons. The molecule has 4 heteroatoms. The van der Waals surface area contributed by atoms with Crippen LogP contribution in [-0.2, 0) is 0 Å². The van der Waals surface area contributed by atoms with Crippen LogP contribution in [0.3, 0.4) is 0 Å². The fourth-order valence-electron chi connectivity index (χ4n) is 1.70. The zero-order valence-corrected chi connectivity index (χ0v) is 10.0. The lowest BCUT2D eigenvalue weighted by molar-refractivity contribution is 0.628. The van der Waals surface area contributed by atoms with Gasteiger partial charge in [-0.15, -0.1) is 0 Å². The number of nitrogens with two attached hydrogens (primary N) is 1. The molecule has 0 aliphatic carbocycles. The molecule has 0 atom stereocenters. The van der Waals surface area contributed by atoms with E-state index in [-0.39, 0.29) is 11.7 Å². The fraction of sp³-hybridized carbons (Fsp3) is 0.0714. The lowest BCUT2D eigenvalue weighted by Gasteiger charge is -2.19. The lowest BCUT2D eigenvalue weighted by Crippen LogP contribution is -2.12. The third-order valence-electron chi connectivity index (χ3n) is 2.76. The molecule has 2 aromatic rings. The third-order valence-corrected chi connectivity index (χ3v) is 2.76. The molecular formula is C14H14FN3. The van der Waals surface area contributed by atoms with E-state index in [1.807, 2.05) is 30.1 Å². The number of nitrogens with one attached hydrogen (secondary N) is 1. The molecule has 3 N–H and O–H groups in total. The number of nitrogen functional groups attached to an aromatic ring is 1. The summed E-state index contributed by atoms with van der Waals surface area (Å²) in [7, 11) is 1.86. The number of anilines is 2. The summed E-state index contributed by atoms with van der Waals surface area (Å²) in [5, 5.41) is 7.32. The van der Waals surface area contributed by atoms with E-state index in [0.717, 1.165) is 11.4 Å². The number of nitrogens with zero attached hydrogens (tertiary/aromatic N) is 1. The van der Waals surface area contributed by atoms with Crippen LogP contribution in [0.5, 0.6) is 0 Å². The van der Waals surface area contributed by atoms with E-state index in [2.05, 4.69) is 0 Å². The number of halogens is 1. The number of rotatable bonds is 3. The van der Waals surface area contributed by atoms with Crippen molar-refractivity contribution in [2.45, 2.75) is 0 Å². The van der Waals surface area contributed by atoms with Gasteiger partial charge in [-0.2, -0.15) is 0 Å². The van der Waals surface area contributed by atoms with E-state index in [1.54, 1.807) is 18.2 Å². The van der Waals surface area contributed by atoms with Crippen molar-refractivity contribution in [1.29, 1.82) is 5.41 Å². The highest BCUT2D eigenvalue weighted by Gasteiger charge is 2.05. The maximum absolute atomic E-state index is 13.1. The van der Waals surface area contributed by atoms with E-state index in [1.165, 1.54) is 12.1 Å². The number of hydrogen-bond donors (Lipinski definition) is 2. The van der Waals surface area contributed by atoms with Crippen LogP contribution in [0.2, 0.25) is 0 Å². The van der Waals surface area contributed by atoms with Gasteiger partial charge in [-0.1, -0.05) is 6.07 Å². The van der Waals surface area contributed by atoms with Crippen molar-refractivity contribution >= 4 is 17.2 Å². The van der Waals surface area contributed by atoms with Gasteiger partial charge in [0.05, 0.1) is 0 Å². The minimum absolute atomic E-state index is 0.0370. The second kappa shape index (κ2) is 4.87. The largest absolute Gasteiger partial charge is 0.384 e. The summed E-state index contributed by atoms with van der Waals surface area (Å²) in [6, 6.07) is 13.6. The van der Waals surface area contributed by atoms with Gasteiger partial charge < -0.3 is 10.6 Å². The molecule has 2 aromatic carbocycles. The van der Waals surface area contributed by atoms with Crippen LogP contribution in [0.4, 0.5) is 15.8 Å². The van der Waals surface area contributed by atoms with E-state index in [4.69, 9.17) is 11.1 Å². The third kappa shape index (κ3) is 2.48. The first-order valence-electron chi connectivity index (χ1n) is 5.51. The van der Waals surface area contributed by atoms with Crippen molar-refractivity contribution in [3.05, 3.63) is 59.9 Å². The normalized spacial score (nSPS) is 10.1. The molecule has 2 rings (SSSR count). The summed E-state index contributed by atoms with van der Waals surface area (Å²) >= 11 is 0. The van der Waals surface area contributed by atoms with Crippen LogP contribution in [-0.4, -0.2) is 12.9 Å². The molecule has 0 unspecified atom stereocenters. The van der Waals surface area contributed by atoms with E-state index in [9.17, 15) is 4.39 Å². The van der Waals surface area contributed by atoms with Crippen LogP contribution >= 0.6 is 0 Å².